The second kappa shape index (κ2) is 5.52. The van der Waals surface area contributed by atoms with Crippen molar-refractivity contribution in [3.8, 4) is 0 Å². The number of halogens is 4. The molecule has 0 atom stereocenters. The topological polar surface area (TPSA) is 38.0 Å². The van der Waals surface area contributed by atoms with E-state index in [9.17, 15) is 13.2 Å². The summed E-state index contributed by atoms with van der Waals surface area (Å²) in [6, 6.07) is 5.94. The van der Waals surface area contributed by atoms with E-state index in [-0.39, 0.29) is 16.7 Å². The highest BCUT2D eigenvalue weighted by Crippen LogP contribution is 2.27. The minimum absolute atomic E-state index is 0.119. The Labute approximate surface area is 116 Å². The molecule has 0 saturated heterocycles. The Morgan fingerprint density at radius 1 is 1.05 bits per heavy atom. The highest BCUT2D eigenvalue weighted by molar-refractivity contribution is 9.10. The Balaban J connectivity index is 2.16. The van der Waals surface area contributed by atoms with E-state index in [0.717, 1.165) is 12.1 Å². The molecular weight excluding hydrogens is 321 g/mol. The van der Waals surface area contributed by atoms with E-state index in [1.165, 1.54) is 18.2 Å². The molecule has 2 aromatic carbocycles. The first-order valence-electron chi connectivity index (χ1n) is 5.39. The average Bonchev–Trinajstić information content (AvgIpc) is 2.34. The maximum absolute atomic E-state index is 13.4. The molecule has 0 unspecified atom stereocenters. The highest BCUT2D eigenvalue weighted by atomic mass is 79.9. The lowest BCUT2D eigenvalue weighted by Crippen LogP contribution is -2.05. The standard InChI is InChI=1S/C13H10BrF3N2/c14-9-4-13(12(18)5-11(9)17)19-6-7-1-2-8(15)3-10(7)16/h1-5,19H,6,18H2. The number of anilines is 2. The number of nitrogen functional groups attached to an aromatic ring is 1. The van der Waals surface area contributed by atoms with Crippen molar-refractivity contribution < 1.29 is 13.2 Å². The normalized spacial score (nSPS) is 10.5. The molecule has 0 aromatic heterocycles. The fourth-order valence-electron chi connectivity index (χ4n) is 1.57. The maximum atomic E-state index is 13.4. The molecule has 0 aliphatic heterocycles. The van der Waals surface area contributed by atoms with E-state index < -0.39 is 17.5 Å². The van der Waals surface area contributed by atoms with Crippen molar-refractivity contribution in [1.82, 2.24) is 0 Å². The Morgan fingerprint density at radius 3 is 2.47 bits per heavy atom. The van der Waals surface area contributed by atoms with E-state index in [2.05, 4.69) is 21.2 Å². The molecule has 0 fully saturated rings. The quantitative estimate of drug-likeness (QED) is 0.833. The first kappa shape index (κ1) is 13.7. The Bertz CT molecular complexity index is 617. The smallest absolute Gasteiger partial charge is 0.139 e. The number of rotatable bonds is 3. The lowest BCUT2D eigenvalue weighted by Gasteiger charge is -2.11. The monoisotopic (exact) mass is 330 g/mol. The van der Waals surface area contributed by atoms with Crippen LogP contribution < -0.4 is 11.1 Å². The minimum Gasteiger partial charge on any atom is -0.397 e. The fraction of sp³-hybridized carbons (Fsp3) is 0.0769. The summed E-state index contributed by atoms with van der Waals surface area (Å²) in [5, 5.41) is 2.87. The molecule has 0 heterocycles. The summed E-state index contributed by atoms with van der Waals surface area (Å²) < 4.78 is 39.6. The van der Waals surface area contributed by atoms with Crippen LogP contribution in [0, 0.1) is 17.5 Å². The molecule has 19 heavy (non-hydrogen) atoms. The van der Waals surface area contributed by atoms with Crippen molar-refractivity contribution in [2.24, 2.45) is 0 Å². The van der Waals surface area contributed by atoms with Gasteiger partial charge in [0.2, 0.25) is 0 Å². The van der Waals surface area contributed by atoms with Gasteiger partial charge in [0.1, 0.15) is 17.5 Å². The van der Waals surface area contributed by atoms with Crippen LogP contribution in [0.15, 0.2) is 34.8 Å². The van der Waals surface area contributed by atoms with Crippen LogP contribution in [0.25, 0.3) is 0 Å². The van der Waals surface area contributed by atoms with Gasteiger partial charge in [-0.2, -0.15) is 0 Å². The Morgan fingerprint density at radius 2 is 1.79 bits per heavy atom. The largest absolute Gasteiger partial charge is 0.397 e. The van der Waals surface area contributed by atoms with Crippen molar-refractivity contribution in [3.63, 3.8) is 0 Å². The third-order valence-corrected chi connectivity index (χ3v) is 3.18. The third-order valence-electron chi connectivity index (χ3n) is 2.58. The highest BCUT2D eigenvalue weighted by Gasteiger charge is 2.08. The van der Waals surface area contributed by atoms with Crippen molar-refractivity contribution in [2.45, 2.75) is 6.54 Å². The molecule has 0 radical (unpaired) electrons. The van der Waals surface area contributed by atoms with Crippen molar-refractivity contribution in [3.05, 3.63) is 57.8 Å². The zero-order valence-corrected chi connectivity index (χ0v) is 11.3. The summed E-state index contributed by atoms with van der Waals surface area (Å²) in [5.41, 5.74) is 6.61. The minimum atomic E-state index is -0.646. The number of benzene rings is 2. The molecule has 0 spiro atoms. The molecule has 2 rings (SSSR count). The molecule has 100 valence electrons. The Hall–Kier alpha value is -1.69. The lowest BCUT2D eigenvalue weighted by atomic mass is 10.2. The van der Waals surface area contributed by atoms with Crippen LogP contribution >= 0.6 is 15.9 Å². The second-order valence-electron chi connectivity index (χ2n) is 3.94. The van der Waals surface area contributed by atoms with E-state index in [1.54, 1.807) is 0 Å². The predicted octanol–water partition coefficient (Wildman–Crippen LogP) is 4.06. The molecule has 2 nitrogen and oxygen atoms in total. The summed E-state index contributed by atoms with van der Waals surface area (Å²) in [4.78, 5) is 0. The molecule has 0 aliphatic rings. The van der Waals surface area contributed by atoms with Crippen molar-refractivity contribution in [2.75, 3.05) is 11.1 Å². The van der Waals surface area contributed by atoms with Crippen LogP contribution in [0.2, 0.25) is 0 Å². The second-order valence-corrected chi connectivity index (χ2v) is 4.80. The van der Waals surface area contributed by atoms with Gasteiger partial charge in [0.15, 0.2) is 0 Å². The predicted molar refractivity (Wildman–Crippen MR) is 72.2 cm³/mol. The molecule has 2 aromatic rings. The number of nitrogens with one attached hydrogen (secondary N) is 1. The van der Waals surface area contributed by atoms with E-state index in [0.29, 0.717) is 11.3 Å². The molecule has 3 N–H and O–H groups in total. The summed E-state index contributed by atoms with van der Waals surface area (Å²) >= 11 is 3.04. The third kappa shape index (κ3) is 3.20. The summed E-state index contributed by atoms with van der Waals surface area (Å²) in [6.07, 6.45) is 0. The number of nitrogens with two attached hydrogens (primary N) is 1. The first-order chi connectivity index (χ1) is 8.97. The van der Waals surface area contributed by atoms with E-state index in [1.807, 2.05) is 0 Å². The molecule has 6 heteroatoms. The van der Waals surface area contributed by atoms with Crippen LogP contribution in [-0.4, -0.2) is 0 Å². The Kier molecular flexibility index (Phi) is 3.99. The van der Waals surface area contributed by atoms with Crippen LogP contribution in [0.5, 0.6) is 0 Å². The molecule has 0 amide bonds. The summed E-state index contributed by atoms with van der Waals surface area (Å²) in [7, 11) is 0. The number of hydrogen-bond donors (Lipinski definition) is 2. The SMILES string of the molecule is Nc1cc(F)c(Br)cc1NCc1ccc(F)cc1F. The molecule has 0 bridgehead atoms. The summed E-state index contributed by atoms with van der Waals surface area (Å²) in [5.74, 6) is -1.76. The van der Waals surface area contributed by atoms with Gasteiger partial charge in [-0.1, -0.05) is 6.07 Å². The molecular formula is C13H10BrF3N2. The first-order valence-corrected chi connectivity index (χ1v) is 6.19. The van der Waals surface area contributed by atoms with Crippen LogP contribution in [-0.2, 0) is 6.54 Å². The van der Waals surface area contributed by atoms with Crippen molar-refractivity contribution in [1.29, 1.82) is 0 Å². The van der Waals surface area contributed by atoms with Crippen LogP contribution in [0.1, 0.15) is 5.56 Å². The van der Waals surface area contributed by atoms with Crippen molar-refractivity contribution >= 4 is 27.3 Å². The van der Waals surface area contributed by atoms with Gasteiger partial charge in [-0.3, -0.25) is 0 Å². The van der Waals surface area contributed by atoms with Gasteiger partial charge in [-0.25, -0.2) is 13.2 Å². The van der Waals surface area contributed by atoms with Gasteiger partial charge in [0.05, 0.1) is 15.8 Å². The number of hydrogen-bond acceptors (Lipinski definition) is 2. The van der Waals surface area contributed by atoms with Gasteiger partial charge in [0, 0.05) is 24.2 Å². The van der Waals surface area contributed by atoms with E-state index >= 15 is 0 Å². The zero-order chi connectivity index (χ0) is 14.0. The van der Waals surface area contributed by atoms with Gasteiger partial charge >= 0.3 is 0 Å². The van der Waals surface area contributed by atoms with Crippen LogP contribution in [0.3, 0.4) is 0 Å². The summed E-state index contributed by atoms with van der Waals surface area (Å²) in [6.45, 7) is 0.119. The molecule has 0 saturated carbocycles. The average molecular weight is 331 g/mol. The maximum Gasteiger partial charge on any atom is 0.139 e. The zero-order valence-electron chi connectivity index (χ0n) is 9.68. The van der Waals surface area contributed by atoms with Gasteiger partial charge in [0.25, 0.3) is 0 Å². The fourth-order valence-corrected chi connectivity index (χ4v) is 1.91. The van der Waals surface area contributed by atoms with Gasteiger partial charge in [-0.05, 0) is 28.1 Å². The lowest BCUT2D eigenvalue weighted by molar-refractivity contribution is 0.574. The van der Waals surface area contributed by atoms with E-state index in [4.69, 9.17) is 5.73 Å². The molecule has 0 aliphatic carbocycles. The van der Waals surface area contributed by atoms with Gasteiger partial charge in [-0.15, -0.1) is 0 Å². The van der Waals surface area contributed by atoms with Crippen LogP contribution in [0.4, 0.5) is 24.5 Å². The van der Waals surface area contributed by atoms with Gasteiger partial charge < -0.3 is 11.1 Å².